The number of hydrogen-bond donors (Lipinski definition) is 0. The molecule has 0 aliphatic carbocycles. The molecule has 0 amide bonds. The Morgan fingerprint density at radius 2 is 1.62 bits per heavy atom. The van der Waals surface area contributed by atoms with Gasteiger partial charge >= 0.3 is 6.36 Å². The summed E-state index contributed by atoms with van der Waals surface area (Å²) in [7, 11) is -4.54. The highest BCUT2D eigenvalue weighted by Gasteiger charge is 2.39. The maximum absolute atomic E-state index is 11.8. The fraction of sp³-hybridized carbons (Fsp3) is 1.00. The summed E-state index contributed by atoms with van der Waals surface area (Å²) in [6, 6.07) is 0. The van der Waals surface area contributed by atoms with E-state index in [0.29, 0.717) is 12.3 Å². The zero-order valence-corrected chi connectivity index (χ0v) is 10.4. The summed E-state index contributed by atoms with van der Waals surface area (Å²) in [4.78, 5) is 0. The Hall–Kier alpha value is -0.300. The first-order chi connectivity index (χ1) is 7.04. The quantitative estimate of drug-likeness (QED) is 0.691. The monoisotopic (exact) mass is 262 g/mol. The number of hydrogen-bond acceptors (Lipinski definition) is 3. The second-order valence-corrected chi connectivity index (χ2v) is 6.11. The molecule has 0 spiro atoms. The molecule has 0 N–H and O–H groups in total. The fourth-order valence-electron chi connectivity index (χ4n) is 1.17. The summed E-state index contributed by atoms with van der Waals surface area (Å²) in [6.45, 7) is 5.15. The first-order valence-electron chi connectivity index (χ1n) is 5.06. The van der Waals surface area contributed by atoms with Crippen LogP contribution in [0.4, 0.5) is 13.2 Å². The fourth-order valence-corrected chi connectivity index (χ4v) is 2.05. The van der Waals surface area contributed by atoms with Gasteiger partial charge in [0.15, 0.2) is 0 Å². The highest BCUT2D eigenvalue weighted by molar-refractivity contribution is 7.87. The molecule has 0 unspecified atom stereocenters. The topological polar surface area (TPSA) is 43.4 Å². The van der Waals surface area contributed by atoms with Crippen molar-refractivity contribution in [2.75, 3.05) is 0 Å². The maximum atomic E-state index is 11.8. The second-order valence-electron chi connectivity index (χ2n) is 4.16. The molecule has 0 rings (SSSR count). The smallest absolute Gasteiger partial charge is 0.199 e. The van der Waals surface area contributed by atoms with Crippen molar-refractivity contribution in [3.05, 3.63) is 0 Å². The Labute approximate surface area is 94.1 Å². The van der Waals surface area contributed by atoms with Gasteiger partial charge in [0, 0.05) is 0 Å². The Morgan fingerprint density at radius 3 is 2.00 bits per heavy atom. The molecule has 0 aliphatic heterocycles. The van der Waals surface area contributed by atoms with Gasteiger partial charge in [-0.25, -0.2) is 0 Å². The molecule has 0 aromatic rings. The minimum atomic E-state index is -5.13. The molecule has 3 nitrogen and oxygen atoms in total. The molecule has 0 radical (unpaired) electrons. The van der Waals surface area contributed by atoms with E-state index in [1.807, 2.05) is 13.8 Å². The van der Waals surface area contributed by atoms with Gasteiger partial charge in [0.05, 0.1) is 5.25 Å². The lowest BCUT2D eigenvalue weighted by molar-refractivity contribution is -0.272. The minimum absolute atomic E-state index is 0.177. The molecule has 0 fully saturated rings. The van der Waals surface area contributed by atoms with Crippen molar-refractivity contribution >= 4 is 10.1 Å². The van der Waals surface area contributed by atoms with E-state index in [0.717, 1.165) is 6.42 Å². The molecule has 16 heavy (non-hydrogen) atoms. The number of rotatable bonds is 6. The average Bonchev–Trinajstić information content (AvgIpc) is 1.98. The standard InChI is InChI=1S/C9H17F3O3S/c1-7(2)5-4-6-8(3)16(13,14)15-9(10,11)12/h7-8H,4-6H2,1-3H3/t8-/m0/s1. The molecule has 0 saturated carbocycles. The van der Waals surface area contributed by atoms with Crippen LogP contribution < -0.4 is 0 Å². The predicted octanol–water partition coefficient (Wildman–Crippen LogP) is 3.07. The lowest BCUT2D eigenvalue weighted by Gasteiger charge is -2.14. The van der Waals surface area contributed by atoms with Crippen LogP contribution >= 0.6 is 0 Å². The van der Waals surface area contributed by atoms with Crippen molar-refractivity contribution < 1.29 is 25.8 Å². The van der Waals surface area contributed by atoms with Gasteiger partial charge in [-0.3, -0.25) is 0 Å². The molecule has 0 bridgehead atoms. The van der Waals surface area contributed by atoms with Crippen LogP contribution in [-0.2, 0) is 14.3 Å². The second kappa shape index (κ2) is 5.86. The van der Waals surface area contributed by atoms with Crippen LogP contribution in [0.5, 0.6) is 0 Å². The molecule has 0 aromatic heterocycles. The van der Waals surface area contributed by atoms with Gasteiger partial charge in [-0.15, -0.1) is 13.2 Å². The largest absolute Gasteiger partial charge is 0.537 e. The van der Waals surface area contributed by atoms with Gasteiger partial charge in [0.1, 0.15) is 0 Å². The molecular formula is C9H17F3O3S. The van der Waals surface area contributed by atoms with E-state index < -0.39 is 21.7 Å². The summed E-state index contributed by atoms with van der Waals surface area (Å²) in [5, 5.41) is -1.13. The lowest BCUT2D eigenvalue weighted by Crippen LogP contribution is -2.27. The molecule has 7 heteroatoms. The molecule has 0 heterocycles. The van der Waals surface area contributed by atoms with Gasteiger partial charge in [-0.05, 0) is 19.3 Å². The van der Waals surface area contributed by atoms with Crippen LogP contribution in [0.1, 0.15) is 40.0 Å². The minimum Gasteiger partial charge on any atom is -0.199 e. The molecular weight excluding hydrogens is 245 g/mol. The van der Waals surface area contributed by atoms with Gasteiger partial charge < -0.3 is 0 Å². The zero-order chi connectivity index (χ0) is 13.0. The van der Waals surface area contributed by atoms with E-state index in [1.54, 1.807) is 0 Å². The van der Waals surface area contributed by atoms with Crippen LogP contribution in [0.25, 0.3) is 0 Å². The van der Waals surface area contributed by atoms with Crippen molar-refractivity contribution in [3.8, 4) is 0 Å². The van der Waals surface area contributed by atoms with Gasteiger partial charge in [-0.1, -0.05) is 26.7 Å². The molecule has 98 valence electrons. The van der Waals surface area contributed by atoms with Crippen molar-refractivity contribution in [1.29, 1.82) is 0 Å². The van der Waals surface area contributed by atoms with E-state index in [1.165, 1.54) is 6.92 Å². The van der Waals surface area contributed by atoms with E-state index in [-0.39, 0.29) is 6.42 Å². The molecule has 1 atom stereocenters. The van der Waals surface area contributed by atoms with Crippen LogP contribution in [0, 0.1) is 5.92 Å². The lowest BCUT2D eigenvalue weighted by atomic mass is 10.1. The van der Waals surface area contributed by atoms with Gasteiger partial charge in [0.2, 0.25) is 0 Å². The summed E-state index contributed by atoms with van der Waals surface area (Å²) in [5.41, 5.74) is 0. The van der Waals surface area contributed by atoms with Crippen LogP contribution in [-0.4, -0.2) is 20.0 Å². The van der Waals surface area contributed by atoms with E-state index >= 15 is 0 Å². The third-order valence-corrected chi connectivity index (χ3v) is 3.74. The number of alkyl halides is 3. The van der Waals surface area contributed by atoms with Crippen LogP contribution in [0.2, 0.25) is 0 Å². The molecule has 0 saturated heterocycles. The van der Waals surface area contributed by atoms with E-state index in [4.69, 9.17) is 0 Å². The Bertz CT molecular complexity index is 296. The summed E-state index contributed by atoms with van der Waals surface area (Å²) in [5.74, 6) is 0.401. The van der Waals surface area contributed by atoms with Crippen molar-refractivity contribution in [2.24, 2.45) is 5.92 Å². The van der Waals surface area contributed by atoms with E-state index in [2.05, 4.69) is 4.18 Å². The SMILES string of the molecule is CC(C)CCC[C@H](C)S(=O)(=O)OC(F)(F)F. The Morgan fingerprint density at radius 1 is 1.12 bits per heavy atom. The van der Waals surface area contributed by atoms with Crippen molar-refractivity contribution in [3.63, 3.8) is 0 Å². The Kier molecular flexibility index (Phi) is 5.75. The predicted molar refractivity (Wildman–Crippen MR) is 54.2 cm³/mol. The Balaban J connectivity index is 4.21. The first-order valence-corrected chi connectivity index (χ1v) is 6.53. The van der Waals surface area contributed by atoms with Gasteiger partial charge in [0.25, 0.3) is 10.1 Å². The zero-order valence-electron chi connectivity index (χ0n) is 9.54. The first kappa shape index (κ1) is 15.7. The average molecular weight is 262 g/mol. The van der Waals surface area contributed by atoms with Crippen LogP contribution in [0.15, 0.2) is 0 Å². The van der Waals surface area contributed by atoms with Crippen molar-refractivity contribution in [1.82, 2.24) is 0 Å². The summed E-state index contributed by atoms with van der Waals surface area (Å²) < 4.78 is 60.6. The summed E-state index contributed by atoms with van der Waals surface area (Å²) >= 11 is 0. The molecule has 0 aromatic carbocycles. The van der Waals surface area contributed by atoms with Crippen LogP contribution in [0.3, 0.4) is 0 Å². The third-order valence-electron chi connectivity index (χ3n) is 2.10. The normalized spacial score (nSPS) is 15.4. The molecule has 0 aliphatic rings. The van der Waals surface area contributed by atoms with E-state index in [9.17, 15) is 21.6 Å². The summed E-state index contributed by atoms with van der Waals surface area (Å²) in [6.07, 6.45) is -3.60. The third kappa shape index (κ3) is 7.05. The number of halogens is 3. The van der Waals surface area contributed by atoms with Gasteiger partial charge in [-0.2, -0.15) is 12.6 Å². The maximum Gasteiger partial charge on any atom is 0.537 e. The highest BCUT2D eigenvalue weighted by atomic mass is 32.2. The van der Waals surface area contributed by atoms with Crippen molar-refractivity contribution in [2.45, 2.75) is 51.6 Å². The highest BCUT2D eigenvalue weighted by Crippen LogP contribution is 2.24.